The van der Waals surface area contributed by atoms with Crippen LogP contribution in [0.2, 0.25) is 0 Å². The Hall–Kier alpha value is -1.59. The molecule has 0 aliphatic rings. The van der Waals surface area contributed by atoms with Gasteiger partial charge in [0.15, 0.2) is 5.13 Å². The zero-order valence-electron chi connectivity index (χ0n) is 8.80. The molecule has 4 nitrogen and oxygen atoms in total. The summed E-state index contributed by atoms with van der Waals surface area (Å²) in [4.78, 5) is 4.97. The van der Waals surface area contributed by atoms with E-state index in [-0.39, 0.29) is 6.61 Å². The Balaban J connectivity index is 2.57. The number of aliphatic hydroxyl groups excluding tert-OH is 1. The van der Waals surface area contributed by atoms with Gasteiger partial charge >= 0.3 is 0 Å². The van der Waals surface area contributed by atoms with Crippen LogP contribution in [0.3, 0.4) is 0 Å². The Morgan fingerprint density at radius 3 is 2.88 bits per heavy atom. The molecule has 1 aromatic heterocycles. The number of rotatable bonds is 3. The second-order valence-corrected chi connectivity index (χ2v) is 4.30. The Kier molecular flexibility index (Phi) is 3.07. The summed E-state index contributed by atoms with van der Waals surface area (Å²) < 4.78 is 5.25. The maximum atomic E-state index is 9.23. The summed E-state index contributed by atoms with van der Waals surface area (Å²) in [5, 5.41) is 9.68. The molecular formula is C11H12N2O2S. The molecule has 3 N–H and O–H groups in total. The highest BCUT2D eigenvalue weighted by Gasteiger charge is 2.14. The highest BCUT2D eigenvalue weighted by atomic mass is 32.1. The van der Waals surface area contributed by atoms with E-state index in [1.54, 1.807) is 7.11 Å². The minimum absolute atomic E-state index is 0.0672. The molecule has 84 valence electrons. The average Bonchev–Trinajstić information content (AvgIpc) is 2.70. The van der Waals surface area contributed by atoms with Gasteiger partial charge in [0.05, 0.1) is 24.3 Å². The third kappa shape index (κ3) is 1.87. The molecule has 2 rings (SSSR count). The van der Waals surface area contributed by atoms with E-state index in [0.29, 0.717) is 10.8 Å². The quantitative estimate of drug-likeness (QED) is 0.854. The zero-order chi connectivity index (χ0) is 11.5. The molecule has 0 aliphatic heterocycles. The third-order valence-electron chi connectivity index (χ3n) is 2.22. The number of nitrogens with two attached hydrogens (primary N) is 1. The highest BCUT2D eigenvalue weighted by molar-refractivity contribution is 7.15. The van der Waals surface area contributed by atoms with Gasteiger partial charge in [0.1, 0.15) is 5.75 Å². The van der Waals surface area contributed by atoms with Gasteiger partial charge in [-0.1, -0.05) is 23.5 Å². The van der Waals surface area contributed by atoms with Gasteiger partial charge in [-0.2, -0.15) is 0 Å². The molecule has 0 spiro atoms. The van der Waals surface area contributed by atoms with E-state index in [0.717, 1.165) is 16.2 Å². The van der Waals surface area contributed by atoms with Gasteiger partial charge in [0, 0.05) is 5.56 Å². The van der Waals surface area contributed by atoms with Crippen molar-refractivity contribution < 1.29 is 9.84 Å². The Labute approximate surface area is 97.3 Å². The number of thiazole rings is 1. The van der Waals surface area contributed by atoms with Crippen molar-refractivity contribution in [1.29, 1.82) is 0 Å². The number of nitrogen functional groups attached to an aromatic ring is 1. The Bertz CT molecular complexity index is 496. The molecule has 0 saturated heterocycles. The first-order valence-electron chi connectivity index (χ1n) is 4.75. The van der Waals surface area contributed by atoms with Crippen molar-refractivity contribution in [3.63, 3.8) is 0 Å². The van der Waals surface area contributed by atoms with Crippen molar-refractivity contribution in [1.82, 2.24) is 4.98 Å². The van der Waals surface area contributed by atoms with Crippen LogP contribution in [0.25, 0.3) is 11.3 Å². The number of hydrogen-bond acceptors (Lipinski definition) is 5. The lowest BCUT2D eigenvalue weighted by atomic mass is 10.1. The van der Waals surface area contributed by atoms with Gasteiger partial charge in [0.2, 0.25) is 0 Å². The molecule has 0 atom stereocenters. The lowest BCUT2D eigenvalue weighted by Crippen LogP contribution is -1.91. The van der Waals surface area contributed by atoms with Gasteiger partial charge in [-0.15, -0.1) is 0 Å². The summed E-state index contributed by atoms with van der Waals surface area (Å²) in [5.41, 5.74) is 7.19. The number of aliphatic hydroxyl groups is 1. The first kappa shape index (κ1) is 10.9. The number of methoxy groups -OCH3 is 1. The molecule has 2 aromatic rings. The lowest BCUT2D eigenvalue weighted by Gasteiger charge is -2.06. The van der Waals surface area contributed by atoms with E-state index in [4.69, 9.17) is 10.5 Å². The molecule has 0 amide bonds. The van der Waals surface area contributed by atoms with E-state index in [1.807, 2.05) is 24.3 Å². The first-order chi connectivity index (χ1) is 7.76. The molecule has 0 radical (unpaired) electrons. The third-order valence-corrected chi connectivity index (χ3v) is 3.09. The maximum absolute atomic E-state index is 9.23. The van der Waals surface area contributed by atoms with Crippen LogP contribution in [-0.4, -0.2) is 17.2 Å². The van der Waals surface area contributed by atoms with Crippen molar-refractivity contribution in [2.75, 3.05) is 12.8 Å². The van der Waals surface area contributed by atoms with Crippen LogP contribution < -0.4 is 10.5 Å². The number of nitrogens with zero attached hydrogens (tertiary/aromatic N) is 1. The van der Waals surface area contributed by atoms with Gasteiger partial charge in [-0.05, 0) is 12.1 Å². The molecule has 0 fully saturated rings. The second kappa shape index (κ2) is 4.51. The zero-order valence-corrected chi connectivity index (χ0v) is 9.62. The van der Waals surface area contributed by atoms with Crippen molar-refractivity contribution >= 4 is 16.5 Å². The first-order valence-corrected chi connectivity index (χ1v) is 5.57. The predicted octanol–water partition coefficient (Wildman–Crippen LogP) is 1.89. The smallest absolute Gasteiger partial charge is 0.180 e. The minimum atomic E-state index is -0.0672. The number of hydrogen-bond donors (Lipinski definition) is 2. The summed E-state index contributed by atoms with van der Waals surface area (Å²) >= 11 is 1.29. The Morgan fingerprint density at radius 1 is 1.44 bits per heavy atom. The fourth-order valence-electron chi connectivity index (χ4n) is 1.53. The van der Waals surface area contributed by atoms with Crippen LogP contribution in [0.4, 0.5) is 5.13 Å². The van der Waals surface area contributed by atoms with Gasteiger partial charge < -0.3 is 15.6 Å². The van der Waals surface area contributed by atoms with Crippen molar-refractivity contribution in [3.05, 3.63) is 29.1 Å². The molecule has 1 heterocycles. The fraction of sp³-hybridized carbons (Fsp3) is 0.182. The molecule has 0 aliphatic carbocycles. The van der Waals surface area contributed by atoms with E-state index < -0.39 is 0 Å². The normalized spacial score (nSPS) is 10.4. The van der Waals surface area contributed by atoms with Crippen molar-refractivity contribution in [3.8, 4) is 17.0 Å². The summed E-state index contributed by atoms with van der Waals surface area (Å²) in [7, 11) is 1.60. The number of anilines is 1. The van der Waals surface area contributed by atoms with Crippen LogP contribution in [0.15, 0.2) is 24.3 Å². The lowest BCUT2D eigenvalue weighted by molar-refractivity contribution is 0.286. The maximum Gasteiger partial charge on any atom is 0.180 e. The van der Waals surface area contributed by atoms with Crippen LogP contribution in [-0.2, 0) is 6.61 Å². The summed E-state index contributed by atoms with van der Waals surface area (Å²) in [6.45, 7) is -0.0672. The van der Waals surface area contributed by atoms with Gasteiger partial charge in [-0.25, -0.2) is 4.98 Å². The van der Waals surface area contributed by atoms with Crippen molar-refractivity contribution in [2.45, 2.75) is 6.61 Å². The van der Waals surface area contributed by atoms with E-state index >= 15 is 0 Å². The number of para-hydroxylation sites is 1. The highest BCUT2D eigenvalue weighted by Crippen LogP contribution is 2.35. The van der Waals surface area contributed by atoms with E-state index in [2.05, 4.69) is 4.98 Å². The van der Waals surface area contributed by atoms with Crippen LogP contribution >= 0.6 is 11.3 Å². The van der Waals surface area contributed by atoms with Crippen molar-refractivity contribution in [2.24, 2.45) is 0 Å². The molecule has 5 heteroatoms. The molecule has 0 unspecified atom stereocenters. The predicted molar refractivity (Wildman–Crippen MR) is 64.4 cm³/mol. The second-order valence-electron chi connectivity index (χ2n) is 3.18. The van der Waals surface area contributed by atoms with Crippen LogP contribution in [0, 0.1) is 0 Å². The molecular weight excluding hydrogens is 224 g/mol. The SMILES string of the molecule is COc1ccccc1-c1nc(N)sc1CO. The standard InChI is InChI=1S/C11H12N2O2S/c1-15-8-5-3-2-4-7(8)10-9(6-14)16-11(12)13-10/h2-5,14H,6H2,1H3,(H2,12,13). The minimum Gasteiger partial charge on any atom is -0.496 e. The van der Waals surface area contributed by atoms with E-state index in [9.17, 15) is 5.11 Å². The number of aromatic nitrogens is 1. The molecule has 0 saturated carbocycles. The van der Waals surface area contributed by atoms with Crippen LogP contribution in [0.5, 0.6) is 5.75 Å². The summed E-state index contributed by atoms with van der Waals surface area (Å²) in [6.07, 6.45) is 0. The fourth-order valence-corrected chi connectivity index (χ4v) is 2.23. The average molecular weight is 236 g/mol. The molecule has 1 aromatic carbocycles. The number of benzene rings is 1. The van der Waals surface area contributed by atoms with Crippen LogP contribution in [0.1, 0.15) is 4.88 Å². The summed E-state index contributed by atoms with van der Waals surface area (Å²) in [6, 6.07) is 7.53. The van der Waals surface area contributed by atoms with Gasteiger partial charge in [-0.3, -0.25) is 0 Å². The number of ether oxygens (including phenoxy) is 1. The van der Waals surface area contributed by atoms with Gasteiger partial charge in [0.25, 0.3) is 0 Å². The summed E-state index contributed by atoms with van der Waals surface area (Å²) in [5.74, 6) is 0.725. The topological polar surface area (TPSA) is 68.4 Å². The Morgan fingerprint density at radius 2 is 2.19 bits per heavy atom. The monoisotopic (exact) mass is 236 g/mol. The molecule has 16 heavy (non-hydrogen) atoms. The largest absolute Gasteiger partial charge is 0.496 e. The molecule has 0 bridgehead atoms. The van der Waals surface area contributed by atoms with E-state index in [1.165, 1.54) is 11.3 Å².